The Balaban J connectivity index is 2.08. The van der Waals surface area contributed by atoms with E-state index in [4.69, 9.17) is 4.43 Å². The van der Waals surface area contributed by atoms with E-state index in [1.165, 1.54) is 16.8 Å². The van der Waals surface area contributed by atoms with Gasteiger partial charge in [0.25, 0.3) is 8.32 Å². The molecule has 3 heteroatoms. The minimum absolute atomic E-state index is 0.120. The Kier molecular flexibility index (Phi) is 6.36. The molecule has 0 saturated heterocycles. The lowest BCUT2D eigenvalue weighted by Crippen LogP contribution is -2.68. The second kappa shape index (κ2) is 8.58. The van der Waals surface area contributed by atoms with E-state index < -0.39 is 14.4 Å². The summed E-state index contributed by atoms with van der Waals surface area (Å²) in [5.74, 6) is 0.160. The van der Waals surface area contributed by atoms with E-state index >= 15 is 0 Å². The first-order valence-corrected chi connectivity index (χ1v) is 12.3. The Morgan fingerprint density at radius 2 is 1.46 bits per heavy atom. The van der Waals surface area contributed by atoms with Gasteiger partial charge in [0.05, 0.1) is 0 Å². The summed E-state index contributed by atoms with van der Waals surface area (Å²) >= 11 is 0. The average Bonchev–Trinajstić information content (AvgIpc) is 2.72. The molecule has 0 N–H and O–H groups in total. The highest BCUT2D eigenvalue weighted by atomic mass is 28.4. The molecule has 0 amide bonds. The molecule has 0 unspecified atom stereocenters. The van der Waals surface area contributed by atoms with E-state index in [2.05, 4.69) is 75.4 Å². The number of hydrogen-bond acceptors (Lipinski definition) is 2. The van der Waals surface area contributed by atoms with E-state index in [-0.39, 0.29) is 10.8 Å². The molecule has 28 heavy (non-hydrogen) atoms. The second-order valence-electron chi connectivity index (χ2n) is 8.76. The first-order valence-electron chi connectivity index (χ1n) is 10.4. The summed E-state index contributed by atoms with van der Waals surface area (Å²) in [6, 6.07) is 21.1. The van der Waals surface area contributed by atoms with Crippen molar-refractivity contribution in [3.63, 3.8) is 0 Å². The van der Waals surface area contributed by atoms with Crippen LogP contribution in [0.4, 0.5) is 0 Å². The van der Waals surface area contributed by atoms with Gasteiger partial charge in [-0.2, -0.15) is 0 Å². The maximum absolute atomic E-state index is 13.2. The third-order valence-corrected chi connectivity index (χ3v) is 10.9. The molecule has 2 nitrogen and oxygen atoms in total. The number of carbonyl (C=O) groups excluding carboxylic acids is 1. The Morgan fingerprint density at radius 3 is 1.89 bits per heavy atom. The number of rotatable bonds is 6. The lowest BCUT2D eigenvalue weighted by molar-refractivity contribution is -0.121. The van der Waals surface area contributed by atoms with Gasteiger partial charge in [-0.15, -0.1) is 0 Å². The van der Waals surface area contributed by atoms with Crippen LogP contribution >= 0.6 is 0 Å². The lowest BCUT2D eigenvalue weighted by atomic mass is 9.94. The van der Waals surface area contributed by atoms with Gasteiger partial charge >= 0.3 is 0 Å². The molecule has 1 aliphatic rings. The minimum Gasteiger partial charge on any atom is -0.397 e. The minimum atomic E-state index is -2.69. The van der Waals surface area contributed by atoms with Crippen molar-refractivity contribution >= 4 is 24.5 Å². The topological polar surface area (TPSA) is 26.3 Å². The number of Topliss-reactive ketones (excluding diaryl/α,β-unsaturated/α-hetero) is 1. The highest BCUT2D eigenvalue weighted by Gasteiger charge is 2.51. The number of allylic oxidation sites excluding steroid dienone is 1. The molecule has 148 valence electrons. The van der Waals surface area contributed by atoms with Crippen LogP contribution in [0, 0.1) is 0 Å². The normalized spacial score (nSPS) is 16.4. The van der Waals surface area contributed by atoms with Crippen LogP contribution in [0.15, 0.2) is 72.3 Å². The molecule has 0 saturated carbocycles. The van der Waals surface area contributed by atoms with Crippen molar-refractivity contribution in [1.82, 2.24) is 0 Å². The van der Waals surface area contributed by atoms with Crippen molar-refractivity contribution in [3.8, 4) is 0 Å². The highest BCUT2D eigenvalue weighted by Crippen LogP contribution is 2.38. The molecular weight excluding hydrogens is 360 g/mol. The Labute approximate surface area is 170 Å². The van der Waals surface area contributed by atoms with Gasteiger partial charge in [0.15, 0.2) is 5.78 Å². The molecule has 3 rings (SSSR count). The molecule has 0 aliphatic heterocycles. The molecule has 2 aromatic rings. The largest absolute Gasteiger partial charge is 0.397 e. The van der Waals surface area contributed by atoms with Gasteiger partial charge < -0.3 is 4.43 Å². The van der Waals surface area contributed by atoms with E-state index in [0.717, 1.165) is 24.8 Å². The van der Waals surface area contributed by atoms with Crippen LogP contribution in [-0.4, -0.2) is 20.2 Å². The predicted molar refractivity (Wildman–Crippen MR) is 120 cm³/mol. The summed E-state index contributed by atoms with van der Waals surface area (Å²) in [5.41, 5.74) is 0.955. The van der Waals surface area contributed by atoms with Gasteiger partial charge in [0.2, 0.25) is 0 Å². The molecule has 0 aromatic heterocycles. The molecule has 0 fully saturated rings. The molecular formula is C25H32O2Si. The van der Waals surface area contributed by atoms with Gasteiger partial charge in [-0.25, -0.2) is 0 Å². The van der Waals surface area contributed by atoms with E-state index in [1.807, 2.05) is 19.1 Å². The zero-order valence-electron chi connectivity index (χ0n) is 17.6. The fraction of sp³-hybridized carbons (Fsp3) is 0.400. The summed E-state index contributed by atoms with van der Waals surface area (Å²) in [4.78, 5) is 13.2. The SMILES string of the molecule is C[C@H](O[Si](c1ccccc1)(c1ccccc1)C(C)(C)C)C(=O)C1=CCCCC1. The van der Waals surface area contributed by atoms with Gasteiger partial charge in [0.1, 0.15) is 6.10 Å². The van der Waals surface area contributed by atoms with Gasteiger partial charge in [-0.3, -0.25) is 4.79 Å². The van der Waals surface area contributed by atoms with Crippen molar-refractivity contribution in [1.29, 1.82) is 0 Å². The predicted octanol–water partition coefficient (Wildman–Crippen LogP) is 5.02. The van der Waals surface area contributed by atoms with Crippen molar-refractivity contribution < 1.29 is 9.22 Å². The maximum atomic E-state index is 13.2. The van der Waals surface area contributed by atoms with Crippen molar-refractivity contribution in [2.24, 2.45) is 0 Å². The van der Waals surface area contributed by atoms with Crippen LogP contribution in [0.25, 0.3) is 0 Å². The lowest BCUT2D eigenvalue weighted by Gasteiger charge is -2.44. The molecule has 1 atom stereocenters. The molecule has 2 aromatic carbocycles. The van der Waals surface area contributed by atoms with Crippen LogP contribution in [0.1, 0.15) is 53.4 Å². The van der Waals surface area contributed by atoms with Crippen molar-refractivity contribution in [2.45, 2.75) is 64.5 Å². The van der Waals surface area contributed by atoms with Crippen LogP contribution in [0.2, 0.25) is 5.04 Å². The Hall–Kier alpha value is -1.97. The van der Waals surface area contributed by atoms with Crippen LogP contribution in [-0.2, 0) is 9.22 Å². The Bertz CT molecular complexity index is 779. The molecule has 1 aliphatic carbocycles. The molecule has 0 spiro atoms. The molecule has 0 radical (unpaired) electrons. The van der Waals surface area contributed by atoms with E-state index in [0.29, 0.717) is 0 Å². The monoisotopic (exact) mass is 392 g/mol. The van der Waals surface area contributed by atoms with Crippen LogP contribution in [0.3, 0.4) is 0 Å². The number of ketones is 1. The van der Waals surface area contributed by atoms with Crippen molar-refractivity contribution in [3.05, 3.63) is 72.3 Å². The van der Waals surface area contributed by atoms with Crippen LogP contribution < -0.4 is 10.4 Å². The number of carbonyl (C=O) groups is 1. The van der Waals surface area contributed by atoms with E-state index in [9.17, 15) is 4.79 Å². The van der Waals surface area contributed by atoms with Gasteiger partial charge in [-0.1, -0.05) is 87.5 Å². The number of benzene rings is 2. The zero-order chi connectivity index (χ0) is 20.2. The quantitative estimate of drug-likeness (QED) is 0.645. The smallest absolute Gasteiger partial charge is 0.262 e. The summed E-state index contributed by atoms with van der Waals surface area (Å²) in [6.45, 7) is 8.68. The Morgan fingerprint density at radius 1 is 0.929 bits per heavy atom. The third kappa shape index (κ3) is 4.06. The van der Waals surface area contributed by atoms with Gasteiger partial charge in [0, 0.05) is 0 Å². The fourth-order valence-corrected chi connectivity index (χ4v) is 8.99. The summed E-state index contributed by atoms with van der Waals surface area (Å²) in [6.07, 6.45) is 5.84. The molecule has 0 bridgehead atoms. The summed E-state index contributed by atoms with van der Waals surface area (Å²) < 4.78 is 6.94. The van der Waals surface area contributed by atoms with Crippen molar-refractivity contribution in [2.75, 3.05) is 0 Å². The zero-order valence-corrected chi connectivity index (χ0v) is 18.6. The summed E-state index contributed by atoms with van der Waals surface area (Å²) in [5, 5.41) is 2.31. The highest BCUT2D eigenvalue weighted by molar-refractivity contribution is 6.99. The standard InChI is InChI=1S/C25H32O2Si/c1-20(24(26)21-14-8-5-9-15-21)27-28(25(2,3)4,22-16-10-6-11-17-22)23-18-12-7-13-19-23/h6-7,10-14,16-20H,5,8-9,15H2,1-4H3/t20-/m0/s1. The van der Waals surface area contributed by atoms with Gasteiger partial charge in [-0.05, 0) is 53.6 Å². The fourth-order valence-electron chi connectivity index (χ4n) is 4.33. The second-order valence-corrected chi connectivity index (χ2v) is 13.0. The first-order chi connectivity index (χ1) is 13.4. The molecule has 0 heterocycles. The summed E-state index contributed by atoms with van der Waals surface area (Å²) in [7, 11) is -2.69. The maximum Gasteiger partial charge on any atom is 0.262 e. The third-order valence-electron chi connectivity index (χ3n) is 5.75. The average molecular weight is 393 g/mol. The first kappa shape index (κ1) is 20.8. The number of hydrogen-bond donors (Lipinski definition) is 0. The van der Waals surface area contributed by atoms with Crippen LogP contribution in [0.5, 0.6) is 0 Å². The van der Waals surface area contributed by atoms with E-state index in [1.54, 1.807) is 0 Å².